The van der Waals surface area contributed by atoms with Crippen LogP contribution in [0.25, 0.3) is 0 Å². The van der Waals surface area contributed by atoms with E-state index in [1.54, 1.807) is 0 Å². The fourth-order valence-electron chi connectivity index (χ4n) is 2.08. The summed E-state index contributed by atoms with van der Waals surface area (Å²) in [6.45, 7) is 5.41. The molecular formula is C11H19N3O2S. The molecule has 0 spiro atoms. The summed E-state index contributed by atoms with van der Waals surface area (Å²) in [6, 6.07) is 2.05. The van der Waals surface area contributed by atoms with E-state index in [1.807, 2.05) is 11.4 Å². The van der Waals surface area contributed by atoms with Gasteiger partial charge < -0.3 is 15.5 Å². The first kappa shape index (κ1) is 12.8. The van der Waals surface area contributed by atoms with Crippen molar-refractivity contribution in [3.05, 3.63) is 11.4 Å². The standard InChI is InChI=1S/C11H19N3O2S/c1-7(2)14-5-8(11(16)9(15)6-14)12-10-3-4-17-13-10/h3-4,7-9,11,15-16H,5-6H2,1-2H3,(H,12,13)/t8-,9-,11+/m0/s1. The van der Waals surface area contributed by atoms with E-state index in [2.05, 4.69) is 28.4 Å². The fourth-order valence-corrected chi connectivity index (χ4v) is 2.56. The number of aliphatic hydroxyl groups excluding tert-OH is 2. The molecule has 0 amide bonds. The van der Waals surface area contributed by atoms with Crippen molar-refractivity contribution in [2.75, 3.05) is 18.4 Å². The van der Waals surface area contributed by atoms with Gasteiger partial charge in [0.25, 0.3) is 0 Å². The van der Waals surface area contributed by atoms with Crippen molar-refractivity contribution in [3.8, 4) is 0 Å². The molecule has 96 valence electrons. The largest absolute Gasteiger partial charge is 0.389 e. The lowest BCUT2D eigenvalue weighted by Gasteiger charge is -2.41. The van der Waals surface area contributed by atoms with Crippen molar-refractivity contribution >= 4 is 17.4 Å². The molecule has 3 N–H and O–H groups in total. The van der Waals surface area contributed by atoms with Crippen molar-refractivity contribution in [2.45, 2.75) is 38.1 Å². The molecule has 1 aromatic rings. The number of nitrogens with one attached hydrogen (secondary N) is 1. The third-order valence-corrected chi connectivity index (χ3v) is 3.72. The molecule has 2 rings (SSSR count). The van der Waals surface area contributed by atoms with Gasteiger partial charge in [-0.1, -0.05) is 0 Å². The van der Waals surface area contributed by atoms with Crippen LogP contribution < -0.4 is 5.32 Å². The number of aromatic nitrogens is 1. The van der Waals surface area contributed by atoms with Crippen molar-refractivity contribution in [2.24, 2.45) is 0 Å². The molecule has 6 heteroatoms. The van der Waals surface area contributed by atoms with Gasteiger partial charge in [0.15, 0.2) is 0 Å². The van der Waals surface area contributed by atoms with E-state index in [0.717, 1.165) is 5.82 Å². The Morgan fingerprint density at radius 2 is 2.24 bits per heavy atom. The van der Waals surface area contributed by atoms with Crippen molar-refractivity contribution in [3.63, 3.8) is 0 Å². The average molecular weight is 257 g/mol. The van der Waals surface area contributed by atoms with Crippen LogP contribution in [-0.2, 0) is 0 Å². The Labute approximate surface area is 105 Å². The van der Waals surface area contributed by atoms with Gasteiger partial charge in [-0.05, 0) is 31.4 Å². The lowest BCUT2D eigenvalue weighted by atomic mass is 9.98. The highest BCUT2D eigenvalue weighted by atomic mass is 32.1. The molecule has 3 atom stereocenters. The number of rotatable bonds is 3. The second-order valence-electron chi connectivity index (χ2n) is 4.74. The molecule has 0 aliphatic carbocycles. The second-order valence-corrected chi connectivity index (χ2v) is 5.41. The van der Waals surface area contributed by atoms with Gasteiger partial charge in [0, 0.05) is 24.5 Å². The fraction of sp³-hybridized carbons (Fsp3) is 0.727. The number of piperidine rings is 1. The predicted molar refractivity (Wildman–Crippen MR) is 68.2 cm³/mol. The smallest absolute Gasteiger partial charge is 0.139 e. The number of aliphatic hydroxyl groups is 2. The van der Waals surface area contributed by atoms with Gasteiger partial charge in [-0.25, -0.2) is 0 Å². The van der Waals surface area contributed by atoms with Gasteiger partial charge in [-0.2, -0.15) is 4.37 Å². The Hall–Kier alpha value is -0.690. The number of likely N-dealkylation sites (tertiary alicyclic amines) is 1. The quantitative estimate of drug-likeness (QED) is 0.730. The molecule has 0 aromatic carbocycles. The third kappa shape index (κ3) is 2.95. The number of hydrogen-bond acceptors (Lipinski definition) is 6. The molecule has 1 aromatic heterocycles. The van der Waals surface area contributed by atoms with Crippen LogP contribution in [-0.4, -0.2) is 56.9 Å². The molecule has 2 heterocycles. The highest BCUT2D eigenvalue weighted by molar-refractivity contribution is 7.03. The lowest BCUT2D eigenvalue weighted by molar-refractivity contribution is -0.0529. The van der Waals surface area contributed by atoms with Gasteiger partial charge in [0.1, 0.15) is 11.9 Å². The number of nitrogens with zero attached hydrogens (tertiary/aromatic N) is 2. The molecule has 1 aliphatic rings. The Morgan fingerprint density at radius 3 is 2.82 bits per heavy atom. The van der Waals surface area contributed by atoms with E-state index in [4.69, 9.17) is 0 Å². The van der Waals surface area contributed by atoms with Crippen LogP contribution in [0.4, 0.5) is 5.82 Å². The lowest BCUT2D eigenvalue weighted by Crippen LogP contribution is -2.59. The third-order valence-electron chi connectivity index (χ3n) is 3.16. The Kier molecular flexibility index (Phi) is 3.98. The van der Waals surface area contributed by atoms with Gasteiger partial charge in [0.05, 0.1) is 12.1 Å². The van der Waals surface area contributed by atoms with Crippen LogP contribution >= 0.6 is 11.5 Å². The summed E-state index contributed by atoms with van der Waals surface area (Å²) in [4.78, 5) is 2.15. The molecule has 5 nitrogen and oxygen atoms in total. The molecule has 1 aliphatic heterocycles. The second kappa shape index (κ2) is 5.30. The molecule has 0 bridgehead atoms. The highest BCUT2D eigenvalue weighted by Gasteiger charge is 2.35. The summed E-state index contributed by atoms with van der Waals surface area (Å²) < 4.78 is 4.16. The molecular weight excluding hydrogens is 238 g/mol. The molecule has 0 saturated carbocycles. The van der Waals surface area contributed by atoms with Crippen LogP contribution in [0, 0.1) is 0 Å². The normalized spacial score (nSPS) is 30.8. The van der Waals surface area contributed by atoms with Gasteiger partial charge in [-0.15, -0.1) is 0 Å². The number of anilines is 1. The van der Waals surface area contributed by atoms with Crippen LogP contribution in [0.1, 0.15) is 13.8 Å². The van der Waals surface area contributed by atoms with Crippen LogP contribution in [0.3, 0.4) is 0 Å². The summed E-state index contributed by atoms with van der Waals surface area (Å²) in [5.41, 5.74) is 0. The molecule has 0 radical (unpaired) electrons. The zero-order valence-corrected chi connectivity index (χ0v) is 10.9. The SMILES string of the molecule is CC(C)N1C[C@H](Nc2ccsn2)[C@@H](O)[C@@H](O)C1. The number of hydrogen-bond donors (Lipinski definition) is 3. The maximum absolute atomic E-state index is 9.97. The first-order chi connectivity index (χ1) is 8.08. The summed E-state index contributed by atoms with van der Waals surface area (Å²) >= 11 is 1.37. The van der Waals surface area contributed by atoms with E-state index >= 15 is 0 Å². The first-order valence-corrected chi connectivity index (χ1v) is 6.68. The summed E-state index contributed by atoms with van der Waals surface area (Å²) in [7, 11) is 0. The molecule has 1 saturated heterocycles. The summed E-state index contributed by atoms with van der Waals surface area (Å²) in [5.74, 6) is 0.761. The zero-order chi connectivity index (χ0) is 12.4. The van der Waals surface area contributed by atoms with E-state index in [9.17, 15) is 10.2 Å². The van der Waals surface area contributed by atoms with Crippen LogP contribution in [0.15, 0.2) is 11.4 Å². The predicted octanol–water partition coefficient (Wildman–Crippen LogP) is 0.369. The Balaban J connectivity index is 2.03. The minimum Gasteiger partial charge on any atom is -0.389 e. The summed E-state index contributed by atoms with van der Waals surface area (Å²) in [5, 5.41) is 24.9. The molecule has 17 heavy (non-hydrogen) atoms. The zero-order valence-electron chi connectivity index (χ0n) is 10.1. The first-order valence-electron chi connectivity index (χ1n) is 5.85. The van der Waals surface area contributed by atoms with E-state index in [0.29, 0.717) is 19.1 Å². The maximum atomic E-state index is 9.97. The summed E-state index contributed by atoms with van der Waals surface area (Å²) in [6.07, 6.45) is -1.45. The van der Waals surface area contributed by atoms with Gasteiger partial charge in [0.2, 0.25) is 0 Å². The van der Waals surface area contributed by atoms with Gasteiger partial charge in [-0.3, -0.25) is 4.90 Å². The Morgan fingerprint density at radius 1 is 1.47 bits per heavy atom. The number of β-amino-alcohol motifs (C(OH)–C–C–N with tert-alkyl or cyclic N) is 1. The maximum Gasteiger partial charge on any atom is 0.139 e. The average Bonchev–Trinajstić information content (AvgIpc) is 2.77. The van der Waals surface area contributed by atoms with Crippen LogP contribution in [0.2, 0.25) is 0 Å². The van der Waals surface area contributed by atoms with Crippen molar-refractivity contribution in [1.29, 1.82) is 0 Å². The minimum atomic E-state index is -0.744. The monoisotopic (exact) mass is 257 g/mol. The van der Waals surface area contributed by atoms with Gasteiger partial charge >= 0.3 is 0 Å². The van der Waals surface area contributed by atoms with E-state index in [1.165, 1.54) is 11.5 Å². The topological polar surface area (TPSA) is 68.6 Å². The molecule has 1 fully saturated rings. The van der Waals surface area contributed by atoms with E-state index in [-0.39, 0.29) is 6.04 Å². The minimum absolute atomic E-state index is 0.178. The Bertz CT molecular complexity index is 344. The van der Waals surface area contributed by atoms with Crippen LogP contribution in [0.5, 0.6) is 0 Å². The van der Waals surface area contributed by atoms with Crippen molar-refractivity contribution in [1.82, 2.24) is 9.27 Å². The molecule has 0 unspecified atom stereocenters. The van der Waals surface area contributed by atoms with Crippen molar-refractivity contribution < 1.29 is 10.2 Å². The van der Waals surface area contributed by atoms with E-state index < -0.39 is 12.2 Å². The highest BCUT2D eigenvalue weighted by Crippen LogP contribution is 2.18.